The van der Waals surface area contributed by atoms with E-state index in [2.05, 4.69) is 18.7 Å². The van der Waals surface area contributed by atoms with Crippen molar-refractivity contribution < 1.29 is 17.9 Å². The van der Waals surface area contributed by atoms with Crippen molar-refractivity contribution in [1.82, 2.24) is 14.2 Å². The third-order valence-corrected chi connectivity index (χ3v) is 10.9. The predicted molar refractivity (Wildman–Crippen MR) is 147 cm³/mol. The Labute approximate surface area is 221 Å². The monoisotopic (exact) mass is 550 g/mol. The molecule has 1 saturated heterocycles. The lowest BCUT2D eigenvalue weighted by atomic mass is 9.96. The molecule has 1 aliphatic rings. The summed E-state index contributed by atoms with van der Waals surface area (Å²) in [4.78, 5) is 22.7. The summed E-state index contributed by atoms with van der Waals surface area (Å²) in [6.07, 6.45) is 1.01. The van der Waals surface area contributed by atoms with Gasteiger partial charge in [-0.2, -0.15) is 4.31 Å². The second-order valence-corrected chi connectivity index (χ2v) is 12.8. The molecule has 0 unspecified atom stereocenters. The number of piperidine rings is 1. The lowest BCUT2D eigenvalue weighted by Gasteiger charge is -2.33. The van der Waals surface area contributed by atoms with Crippen LogP contribution in [-0.4, -0.2) is 74.4 Å². The van der Waals surface area contributed by atoms with Gasteiger partial charge in [0.15, 0.2) is 5.13 Å². The van der Waals surface area contributed by atoms with Gasteiger partial charge in [0.1, 0.15) is 9.96 Å². The number of ether oxygens (including phenoxy) is 1. The highest BCUT2D eigenvalue weighted by molar-refractivity contribution is 7.91. The Bertz CT molecular complexity index is 1250. The smallest absolute Gasteiger partial charge is 0.252 e. The van der Waals surface area contributed by atoms with Crippen LogP contribution in [0.1, 0.15) is 33.6 Å². The first-order valence-corrected chi connectivity index (χ1v) is 15.6. The topological polar surface area (TPSA) is 83.1 Å². The molecule has 1 fully saturated rings. The minimum atomic E-state index is -3.50. The van der Waals surface area contributed by atoms with E-state index in [1.807, 2.05) is 30.0 Å². The van der Waals surface area contributed by atoms with Crippen molar-refractivity contribution in [3.8, 4) is 5.75 Å². The normalized spacial score (nSPS) is 15.6. The SMILES string of the molecule is CCOc1ccc2nc(N(CCN(CC)CC)C(=O)C3CCN(S(=O)(=O)c4cccs4)CC3)sc2c1. The molecule has 3 heterocycles. The number of amides is 1. The summed E-state index contributed by atoms with van der Waals surface area (Å²) in [6, 6.07) is 9.19. The van der Waals surface area contributed by atoms with Crippen molar-refractivity contribution in [3.63, 3.8) is 0 Å². The maximum atomic E-state index is 13.8. The number of rotatable bonds is 11. The van der Waals surface area contributed by atoms with Gasteiger partial charge in [-0.25, -0.2) is 13.4 Å². The van der Waals surface area contributed by atoms with Crippen LogP contribution in [0.2, 0.25) is 0 Å². The summed E-state index contributed by atoms with van der Waals surface area (Å²) < 4.78 is 34.3. The number of benzene rings is 1. The highest BCUT2D eigenvalue weighted by Gasteiger charge is 2.35. The fraction of sp³-hybridized carbons (Fsp3) is 0.520. The van der Waals surface area contributed by atoms with Crippen LogP contribution in [0.5, 0.6) is 5.75 Å². The third-order valence-electron chi connectivity index (χ3n) is 6.58. The highest BCUT2D eigenvalue weighted by atomic mass is 32.2. The average molecular weight is 551 g/mol. The van der Waals surface area contributed by atoms with Gasteiger partial charge in [0.05, 0.1) is 16.8 Å². The Kier molecular flexibility index (Phi) is 9.00. The molecule has 0 atom stereocenters. The molecule has 0 radical (unpaired) electrons. The van der Waals surface area contributed by atoms with E-state index in [9.17, 15) is 13.2 Å². The highest BCUT2D eigenvalue weighted by Crippen LogP contribution is 2.34. The van der Waals surface area contributed by atoms with Gasteiger partial charge >= 0.3 is 0 Å². The predicted octanol–water partition coefficient (Wildman–Crippen LogP) is 4.53. The number of aromatic nitrogens is 1. The number of fused-ring (bicyclic) bond motifs is 1. The summed E-state index contributed by atoms with van der Waals surface area (Å²) in [6.45, 7) is 10.6. The van der Waals surface area contributed by atoms with Crippen LogP contribution in [0.25, 0.3) is 10.2 Å². The second kappa shape index (κ2) is 12.0. The van der Waals surface area contributed by atoms with Crippen LogP contribution in [0.15, 0.2) is 39.9 Å². The van der Waals surface area contributed by atoms with E-state index in [1.165, 1.54) is 27.0 Å². The van der Waals surface area contributed by atoms with Gasteiger partial charge < -0.3 is 9.64 Å². The van der Waals surface area contributed by atoms with E-state index in [1.54, 1.807) is 17.5 Å². The van der Waals surface area contributed by atoms with Crippen molar-refractivity contribution in [1.29, 1.82) is 0 Å². The standard InChI is InChI=1S/C25H34N4O4S3/c1-4-27(5-2)15-16-29(25-26-21-10-9-20(33-6-3)18-22(21)35-25)24(30)19-11-13-28(14-12-19)36(31,32)23-8-7-17-34-23/h7-10,17-19H,4-6,11-16H2,1-3H3. The van der Waals surface area contributed by atoms with Crippen LogP contribution < -0.4 is 9.64 Å². The van der Waals surface area contributed by atoms with Crippen LogP contribution in [0.4, 0.5) is 5.13 Å². The third kappa shape index (κ3) is 5.91. The summed E-state index contributed by atoms with van der Waals surface area (Å²) in [5, 5.41) is 2.45. The molecule has 1 aliphatic heterocycles. The molecule has 8 nitrogen and oxygen atoms in total. The van der Waals surface area contributed by atoms with E-state index < -0.39 is 10.0 Å². The molecule has 0 N–H and O–H groups in total. The largest absolute Gasteiger partial charge is 0.494 e. The fourth-order valence-corrected chi connectivity index (χ4v) is 8.09. The van der Waals surface area contributed by atoms with Gasteiger partial charge in [0.25, 0.3) is 10.0 Å². The summed E-state index contributed by atoms with van der Waals surface area (Å²) in [7, 11) is -3.50. The number of carbonyl (C=O) groups is 1. The lowest BCUT2D eigenvalue weighted by Crippen LogP contribution is -2.46. The number of nitrogens with zero attached hydrogens (tertiary/aromatic N) is 4. The molecule has 3 aromatic rings. The average Bonchev–Trinajstić information content (AvgIpc) is 3.57. The Hall–Kier alpha value is -2.05. The Morgan fingerprint density at radius 3 is 2.53 bits per heavy atom. The molecule has 4 rings (SSSR count). The zero-order valence-corrected chi connectivity index (χ0v) is 23.5. The van der Waals surface area contributed by atoms with Gasteiger partial charge in [-0.15, -0.1) is 11.3 Å². The van der Waals surface area contributed by atoms with Gasteiger partial charge in [0, 0.05) is 32.1 Å². The number of thiazole rings is 1. The van der Waals surface area contributed by atoms with Crippen molar-refractivity contribution >= 4 is 54.0 Å². The molecule has 36 heavy (non-hydrogen) atoms. The van der Waals surface area contributed by atoms with Gasteiger partial charge in [0.2, 0.25) is 5.91 Å². The van der Waals surface area contributed by atoms with E-state index in [0.29, 0.717) is 48.4 Å². The van der Waals surface area contributed by atoms with Crippen LogP contribution in [-0.2, 0) is 14.8 Å². The molecule has 1 amide bonds. The Morgan fingerprint density at radius 1 is 1.14 bits per heavy atom. The van der Waals surface area contributed by atoms with E-state index >= 15 is 0 Å². The molecule has 196 valence electrons. The zero-order chi connectivity index (χ0) is 25.7. The lowest BCUT2D eigenvalue weighted by molar-refractivity contribution is -0.123. The molecular formula is C25H34N4O4S3. The zero-order valence-electron chi connectivity index (χ0n) is 21.1. The molecular weight excluding hydrogens is 517 g/mol. The molecule has 11 heteroatoms. The Morgan fingerprint density at radius 2 is 1.89 bits per heavy atom. The van der Waals surface area contributed by atoms with Gasteiger partial charge in [-0.05, 0) is 62.5 Å². The summed E-state index contributed by atoms with van der Waals surface area (Å²) in [5.41, 5.74) is 0.843. The molecule has 0 spiro atoms. The molecule has 0 bridgehead atoms. The molecule has 1 aromatic carbocycles. The fourth-order valence-electron chi connectivity index (χ4n) is 4.45. The Balaban J connectivity index is 1.53. The van der Waals surface area contributed by atoms with Crippen LogP contribution in [0, 0.1) is 5.92 Å². The van der Waals surface area contributed by atoms with Crippen molar-refractivity contribution in [2.75, 3.05) is 50.8 Å². The van der Waals surface area contributed by atoms with Crippen LogP contribution in [0.3, 0.4) is 0 Å². The van der Waals surface area contributed by atoms with E-state index in [-0.39, 0.29) is 11.8 Å². The van der Waals surface area contributed by atoms with Gasteiger partial charge in [-0.3, -0.25) is 9.69 Å². The number of thiophene rings is 1. The number of carbonyl (C=O) groups excluding carboxylic acids is 1. The quantitative estimate of drug-likeness (QED) is 0.349. The minimum Gasteiger partial charge on any atom is -0.494 e. The first-order chi connectivity index (χ1) is 17.4. The summed E-state index contributed by atoms with van der Waals surface area (Å²) in [5.74, 6) is 0.586. The number of likely N-dealkylation sites (N-methyl/N-ethyl adjacent to an activating group) is 1. The molecule has 2 aromatic heterocycles. The van der Waals surface area contributed by atoms with E-state index in [0.717, 1.165) is 35.6 Å². The second-order valence-electron chi connectivity index (χ2n) is 8.69. The first-order valence-electron chi connectivity index (χ1n) is 12.5. The maximum Gasteiger partial charge on any atom is 0.252 e. The van der Waals surface area contributed by atoms with E-state index in [4.69, 9.17) is 9.72 Å². The molecule has 0 saturated carbocycles. The number of hydrogen-bond donors (Lipinski definition) is 0. The first kappa shape index (κ1) is 27.0. The summed E-state index contributed by atoms with van der Waals surface area (Å²) >= 11 is 2.73. The molecule has 0 aliphatic carbocycles. The van der Waals surface area contributed by atoms with Crippen molar-refractivity contribution in [2.45, 2.75) is 37.8 Å². The van der Waals surface area contributed by atoms with Crippen molar-refractivity contribution in [3.05, 3.63) is 35.7 Å². The number of anilines is 1. The number of hydrogen-bond acceptors (Lipinski definition) is 8. The number of sulfonamides is 1. The van der Waals surface area contributed by atoms with Crippen LogP contribution >= 0.6 is 22.7 Å². The van der Waals surface area contributed by atoms with Gasteiger partial charge in [-0.1, -0.05) is 31.3 Å². The minimum absolute atomic E-state index is 0.0272. The maximum absolute atomic E-state index is 13.8. The van der Waals surface area contributed by atoms with Crippen molar-refractivity contribution in [2.24, 2.45) is 5.92 Å².